The first-order valence-corrected chi connectivity index (χ1v) is 8.54. The Morgan fingerprint density at radius 1 is 1.21 bits per heavy atom. The molecule has 9 heteroatoms. The van der Waals surface area contributed by atoms with Gasteiger partial charge in [0.25, 0.3) is 0 Å². The standard InChI is InChI=1S/C19H20F3N5O/c1-11-7-13(19(20,21)22)8-12(2)17(11)24-18-14-5-6-27(10-16(28)26(3)4)15(14)9-23-25-18/h5-9H,10H2,1-4H3,(H,24,25). The third-order valence-electron chi connectivity index (χ3n) is 4.51. The molecule has 6 nitrogen and oxygen atoms in total. The Morgan fingerprint density at radius 2 is 1.86 bits per heavy atom. The summed E-state index contributed by atoms with van der Waals surface area (Å²) in [5, 5.41) is 11.9. The predicted molar refractivity (Wildman–Crippen MR) is 100 cm³/mol. The van der Waals surface area contributed by atoms with E-state index in [-0.39, 0.29) is 12.5 Å². The number of rotatable bonds is 4. The van der Waals surface area contributed by atoms with E-state index in [1.807, 2.05) is 0 Å². The van der Waals surface area contributed by atoms with Crippen molar-refractivity contribution in [2.24, 2.45) is 0 Å². The van der Waals surface area contributed by atoms with E-state index < -0.39 is 11.7 Å². The molecule has 0 saturated heterocycles. The van der Waals surface area contributed by atoms with Crippen LogP contribution in [0, 0.1) is 13.8 Å². The molecule has 1 amide bonds. The monoisotopic (exact) mass is 391 g/mol. The molecule has 0 fully saturated rings. The number of hydrogen-bond acceptors (Lipinski definition) is 4. The van der Waals surface area contributed by atoms with E-state index in [0.29, 0.717) is 28.1 Å². The highest BCUT2D eigenvalue weighted by Crippen LogP contribution is 2.35. The van der Waals surface area contributed by atoms with Crippen LogP contribution < -0.4 is 5.32 Å². The van der Waals surface area contributed by atoms with Gasteiger partial charge < -0.3 is 14.8 Å². The number of carbonyl (C=O) groups excluding carboxylic acids is 1. The van der Waals surface area contributed by atoms with Crippen LogP contribution in [0.25, 0.3) is 10.9 Å². The number of aryl methyl sites for hydroxylation is 2. The first-order chi connectivity index (χ1) is 13.1. The van der Waals surface area contributed by atoms with Crippen LogP contribution in [0.1, 0.15) is 16.7 Å². The van der Waals surface area contributed by atoms with Gasteiger partial charge in [-0.1, -0.05) is 0 Å². The van der Waals surface area contributed by atoms with E-state index in [9.17, 15) is 18.0 Å². The molecule has 3 rings (SSSR count). The zero-order valence-electron chi connectivity index (χ0n) is 15.9. The summed E-state index contributed by atoms with van der Waals surface area (Å²) in [6, 6.07) is 4.00. The molecule has 2 aromatic heterocycles. The fourth-order valence-electron chi connectivity index (χ4n) is 2.98. The number of hydrogen-bond donors (Lipinski definition) is 1. The van der Waals surface area contributed by atoms with Gasteiger partial charge in [0.05, 0.1) is 17.3 Å². The number of likely N-dealkylation sites (N-methyl/N-ethyl adjacent to an activating group) is 1. The summed E-state index contributed by atoms with van der Waals surface area (Å²) in [5.41, 5.74) is 1.47. The predicted octanol–water partition coefficient (Wildman–Crippen LogP) is 3.90. The molecule has 1 aromatic carbocycles. The van der Waals surface area contributed by atoms with Crippen molar-refractivity contribution in [1.82, 2.24) is 19.7 Å². The highest BCUT2D eigenvalue weighted by atomic mass is 19.4. The molecule has 0 aliphatic carbocycles. The van der Waals surface area contributed by atoms with Gasteiger partial charge in [0.2, 0.25) is 5.91 Å². The van der Waals surface area contributed by atoms with E-state index in [1.165, 1.54) is 4.90 Å². The molecule has 148 valence electrons. The average Bonchev–Trinajstić information content (AvgIpc) is 3.00. The largest absolute Gasteiger partial charge is 0.416 e. The van der Waals surface area contributed by atoms with Crippen molar-refractivity contribution in [3.05, 3.63) is 47.3 Å². The molecule has 0 aliphatic rings. The van der Waals surface area contributed by atoms with Gasteiger partial charge in [-0.25, -0.2) is 0 Å². The molecule has 1 N–H and O–H groups in total. The van der Waals surface area contributed by atoms with Crippen molar-refractivity contribution >= 4 is 28.3 Å². The molecule has 0 unspecified atom stereocenters. The lowest BCUT2D eigenvalue weighted by Gasteiger charge is -2.16. The third-order valence-corrected chi connectivity index (χ3v) is 4.51. The zero-order chi connectivity index (χ0) is 20.6. The molecule has 28 heavy (non-hydrogen) atoms. The van der Waals surface area contributed by atoms with Gasteiger partial charge in [0.1, 0.15) is 6.54 Å². The van der Waals surface area contributed by atoms with Gasteiger partial charge in [-0.15, -0.1) is 5.10 Å². The Bertz CT molecular complexity index is 1020. The van der Waals surface area contributed by atoms with Crippen LogP contribution >= 0.6 is 0 Å². The fourth-order valence-corrected chi connectivity index (χ4v) is 2.98. The number of fused-ring (bicyclic) bond motifs is 1. The Balaban J connectivity index is 1.98. The van der Waals surface area contributed by atoms with E-state index in [0.717, 1.165) is 17.5 Å². The molecule has 0 aliphatic heterocycles. The van der Waals surface area contributed by atoms with Gasteiger partial charge in [-0.2, -0.15) is 18.3 Å². The zero-order valence-corrected chi connectivity index (χ0v) is 15.9. The summed E-state index contributed by atoms with van der Waals surface area (Å²) >= 11 is 0. The molecule has 0 bridgehead atoms. The first kappa shape index (κ1) is 19.7. The van der Waals surface area contributed by atoms with Gasteiger partial charge in [-0.05, 0) is 43.2 Å². The van der Waals surface area contributed by atoms with E-state index in [1.54, 1.807) is 51.0 Å². The molecular weight excluding hydrogens is 371 g/mol. The maximum Gasteiger partial charge on any atom is 0.416 e. The van der Waals surface area contributed by atoms with Gasteiger partial charge in [-0.3, -0.25) is 4.79 Å². The Morgan fingerprint density at radius 3 is 2.43 bits per heavy atom. The maximum atomic E-state index is 13.0. The summed E-state index contributed by atoms with van der Waals surface area (Å²) in [7, 11) is 3.36. The Kier molecular flexibility index (Phi) is 5.01. The lowest BCUT2D eigenvalue weighted by Crippen LogP contribution is -2.25. The summed E-state index contributed by atoms with van der Waals surface area (Å²) < 4.78 is 40.8. The molecule has 0 radical (unpaired) electrons. The second-order valence-corrected chi connectivity index (χ2v) is 6.83. The van der Waals surface area contributed by atoms with Crippen molar-refractivity contribution in [1.29, 1.82) is 0 Å². The second-order valence-electron chi connectivity index (χ2n) is 6.83. The second kappa shape index (κ2) is 7.14. The fraction of sp³-hybridized carbons (Fsp3) is 0.316. The van der Waals surface area contributed by atoms with Crippen molar-refractivity contribution in [2.45, 2.75) is 26.6 Å². The van der Waals surface area contributed by atoms with Gasteiger partial charge in [0, 0.05) is 31.4 Å². The molecule has 3 aromatic rings. The van der Waals surface area contributed by atoms with E-state index in [4.69, 9.17) is 0 Å². The summed E-state index contributed by atoms with van der Waals surface area (Å²) in [4.78, 5) is 13.5. The van der Waals surface area contributed by atoms with Crippen molar-refractivity contribution < 1.29 is 18.0 Å². The van der Waals surface area contributed by atoms with Gasteiger partial charge in [0.15, 0.2) is 5.82 Å². The molecule has 0 saturated carbocycles. The Labute approximate surface area is 160 Å². The topological polar surface area (TPSA) is 63.1 Å². The lowest BCUT2D eigenvalue weighted by molar-refractivity contribution is -0.137. The lowest BCUT2D eigenvalue weighted by atomic mass is 10.0. The van der Waals surface area contributed by atoms with E-state index >= 15 is 0 Å². The number of carbonyl (C=O) groups is 1. The number of nitrogens with zero attached hydrogens (tertiary/aromatic N) is 4. The van der Waals surface area contributed by atoms with Crippen LogP contribution in [0.5, 0.6) is 0 Å². The Hall–Kier alpha value is -3.10. The van der Waals surface area contributed by atoms with Gasteiger partial charge >= 0.3 is 6.18 Å². The smallest absolute Gasteiger partial charge is 0.347 e. The number of alkyl halides is 3. The van der Waals surface area contributed by atoms with Crippen LogP contribution in [0.2, 0.25) is 0 Å². The van der Waals surface area contributed by atoms with Crippen LogP contribution in [0.3, 0.4) is 0 Å². The number of halogens is 3. The summed E-state index contributed by atoms with van der Waals surface area (Å²) in [6.07, 6.45) is -1.09. The van der Waals surface area contributed by atoms with Crippen LogP contribution in [-0.4, -0.2) is 39.7 Å². The minimum absolute atomic E-state index is 0.0711. The minimum Gasteiger partial charge on any atom is -0.347 e. The number of aromatic nitrogens is 3. The highest BCUT2D eigenvalue weighted by molar-refractivity contribution is 5.92. The quantitative estimate of drug-likeness (QED) is 0.733. The number of nitrogens with one attached hydrogen (secondary N) is 1. The number of amides is 1. The van der Waals surface area contributed by atoms with E-state index in [2.05, 4.69) is 15.5 Å². The highest BCUT2D eigenvalue weighted by Gasteiger charge is 2.31. The maximum absolute atomic E-state index is 13.0. The van der Waals surface area contributed by atoms with Crippen LogP contribution in [0.15, 0.2) is 30.6 Å². The van der Waals surface area contributed by atoms with Crippen molar-refractivity contribution in [3.63, 3.8) is 0 Å². The minimum atomic E-state index is -4.40. The molecular formula is C19H20F3N5O. The SMILES string of the molecule is Cc1cc(C(F)(F)F)cc(C)c1Nc1nncc2c1ccn2CC(=O)N(C)C. The number of anilines is 2. The molecule has 0 atom stereocenters. The molecule has 2 heterocycles. The average molecular weight is 391 g/mol. The third kappa shape index (κ3) is 3.78. The first-order valence-electron chi connectivity index (χ1n) is 8.54. The summed E-state index contributed by atoms with van der Waals surface area (Å²) in [5.74, 6) is 0.345. The van der Waals surface area contributed by atoms with Crippen molar-refractivity contribution in [3.8, 4) is 0 Å². The van der Waals surface area contributed by atoms with Crippen LogP contribution in [-0.2, 0) is 17.5 Å². The number of benzene rings is 1. The normalized spacial score (nSPS) is 11.7. The summed E-state index contributed by atoms with van der Waals surface area (Å²) in [6.45, 7) is 3.37. The van der Waals surface area contributed by atoms with Crippen LogP contribution in [0.4, 0.5) is 24.7 Å². The van der Waals surface area contributed by atoms with Crippen molar-refractivity contribution in [2.75, 3.05) is 19.4 Å². The molecule has 0 spiro atoms.